The van der Waals surface area contributed by atoms with E-state index in [4.69, 9.17) is 0 Å². The molecule has 2 heteroatoms. The molecule has 0 radical (unpaired) electrons. The van der Waals surface area contributed by atoms with E-state index in [0.29, 0.717) is 0 Å². The Bertz CT molecular complexity index is 137. The minimum atomic E-state index is 1.19. The topological polar surface area (TPSA) is 3.24 Å². The largest absolute Gasteiger partial charge is 0.323 e. The molecule has 0 N–H and O–H groups in total. The summed E-state index contributed by atoms with van der Waals surface area (Å²) in [5, 5.41) is 0. The molecule has 0 spiro atoms. The van der Waals surface area contributed by atoms with Crippen LogP contribution in [-0.2, 0) is 0 Å². The second kappa shape index (κ2) is 8.12. The quantitative estimate of drug-likeness (QED) is 0.534. The van der Waals surface area contributed by atoms with Crippen LogP contribution >= 0.6 is 0 Å². The molecule has 0 rings (SSSR count). The van der Waals surface area contributed by atoms with Crippen molar-refractivity contribution in [1.82, 2.24) is 4.90 Å². The van der Waals surface area contributed by atoms with Gasteiger partial charge in [0.05, 0.1) is 26.2 Å². The van der Waals surface area contributed by atoms with Crippen molar-refractivity contribution < 1.29 is 4.48 Å². The fourth-order valence-electron chi connectivity index (χ4n) is 2.34. The maximum Gasteiger partial charge on any atom is 0.0915 e. The van der Waals surface area contributed by atoms with E-state index in [-0.39, 0.29) is 0 Å². The first kappa shape index (κ1) is 14.9. The summed E-state index contributed by atoms with van der Waals surface area (Å²) in [5.41, 5.74) is 0. The van der Waals surface area contributed by atoms with Crippen molar-refractivity contribution in [2.75, 3.05) is 45.8 Å². The predicted molar refractivity (Wildman–Crippen MR) is 69.2 cm³/mol. The van der Waals surface area contributed by atoms with Gasteiger partial charge in [-0.05, 0) is 33.4 Å². The van der Waals surface area contributed by atoms with E-state index in [9.17, 15) is 0 Å². The molecule has 0 aliphatic rings. The second-order valence-corrected chi connectivity index (χ2v) is 4.45. The number of rotatable bonds is 9. The third-order valence-corrected chi connectivity index (χ3v) is 3.82. The Morgan fingerprint density at radius 2 is 1.33 bits per heavy atom. The monoisotopic (exact) mass is 215 g/mol. The van der Waals surface area contributed by atoms with Gasteiger partial charge in [-0.2, -0.15) is 0 Å². The molecule has 0 aromatic carbocycles. The van der Waals surface area contributed by atoms with Gasteiger partial charge in [-0.15, -0.1) is 0 Å². The van der Waals surface area contributed by atoms with Gasteiger partial charge >= 0.3 is 0 Å². The SMILES string of the molecule is CCC[N+](CC)(CC)CCN(CC)CC. The molecule has 15 heavy (non-hydrogen) atoms. The Morgan fingerprint density at radius 3 is 1.67 bits per heavy atom. The molecule has 0 bridgehead atoms. The van der Waals surface area contributed by atoms with Crippen LogP contribution in [0, 0.1) is 0 Å². The smallest absolute Gasteiger partial charge is 0.0915 e. The molecule has 92 valence electrons. The first-order valence-electron chi connectivity index (χ1n) is 6.75. The fraction of sp³-hybridized carbons (Fsp3) is 1.00. The molecule has 0 fully saturated rings. The number of hydrogen-bond acceptors (Lipinski definition) is 1. The van der Waals surface area contributed by atoms with Crippen molar-refractivity contribution in [3.8, 4) is 0 Å². The molecule has 0 saturated carbocycles. The highest BCUT2D eigenvalue weighted by atomic mass is 15.4. The lowest BCUT2D eigenvalue weighted by Crippen LogP contribution is -2.52. The molecule has 0 aliphatic carbocycles. The Labute approximate surface area is 96.8 Å². The summed E-state index contributed by atoms with van der Waals surface area (Å²) < 4.78 is 1.30. The van der Waals surface area contributed by atoms with Crippen LogP contribution in [0.15, 0.2) is 0 Å². The van der Waals surface area contributed by atoms with E-state index < -0.39 is 0 Å². The Balaban J connectivity index is 4.15. The zero-order chi connectivity index (χ0) is 11.7. The highest BCUT2D eigenvalue weighted by Crippen LogP contribution is 2.08. The van der Waals surface area contributed by atoms with Gasteiger partial charge in [0.2, 0.25) is 0 Å². The maximum absolute atomic E-state index is 2.54. The second-order valence-electron chi connectivity index (χ2n) is 4.45. The number of nitrogens with zero attached hydrogens (tertiary/aromatic N) is 2. The van der Waals surface area contributed by atoms with E-state index in [1.54, 1.807) is 0 Å². The normalized spacial score (nSPS) is 12.4. The molecule has 0 atom stereocenters. The summed E-state index contributed by atoms with van der Waals surface area (Å²) >= 11 is 0. The Hall–Kier alpha value is -0.0800. The third-order valence-electron chi connectivity index (χ3n) is 3.82. The first-order chi connectivity index (χ1) is 7.17. The van der Waals surface area contributed by atoms with Crippen molar-refractivity contribution in [1.29, 1.82) is 0 Å². The van der Waals surface area contributed by atoms with Crippen LogP contribution in [0.2, 0.25) is 0 Å². The average molecular weight is 215 g/mol. The van der Waals surface area contributed by atoms with Crippen LogP contribution in [-0.4, -0.2) is 55.2 Å². The van der Waals surface area contributed by atoms with Gasteiger partial charge in [-0.1, -0.05) is 20.8 Å². The summed E-state index contributed by atoms with van der Waals surface area (Å²) in [6.07, 6.45) is 1.31. The van der Waals surface area contributed by atoms with Gasteiger partial charge < -0.3 is 4.48 Å². The van der Waals surface area contributed by atoms with Crippen LogP contribution < -0.4 is 0 Å². The first-order valence-corrected chi connectivity index (χ1v) is 6.75. The van der Waals surface area contributed by atoms with Gasteiger partial charge in [0.15, 0.2) is 0 Å². The van der Waals surface area contributed by atoms with Gasteiger partial charge in [-0.25, -0.2) is 0 Å². The van der Waals surface area contributed by atoms with Crippen molar-refractivity contribution in [3.05, 3.63) is 0 Å². The third kappa shape index (κ3) is 4.98. The van der Waals surface area contributed by atoms with Gasteiger partial charge in [0.1, 0.15) is 0 Å². The Morgan fingerprint density at radius 1 is 0.800 bits per heavy atom. The number of hydrogen-bond donors (Lipinski definition) is 0. The lowest BCUT2D eigenvalue weighted by Gasteiger charge is -2.38. The van der Waals surface area contributed by atoms with Crippen LogP contribution in [0.1, 0.15) is 41.0 Å². The average Bonchev–Trinajstić information content (AvgIpc) is 2.29. The van der Waals surface area contributed by atoms with Crippen LogP contribution in [0.3, 0.4) is 0 Å². The van der Waals surface area contributed by atoms with Gasteiger partial charge in [-0.3, -0.25) is 4.90 Å². The van der Waals surface area contributed by atoms with E-state index in [1.165, 1.54) is 56.7 Å². The van der Waals surface area contributed by atoms with E-state index in [2.05, 4.69) is 39.5 Å². The summed E-state index contributed by atoms with van der Waals surface area (Å²) in [6, 6.07) is 0. The van der Waals surface area contributed by atoms with Crippen molar-refractivity contribution >= 4 is 0 Å². The number of quaternary nitrogens is 1. The van der Waals surface area contributed by atoms with Crippen LogP contribution in [0.4, 0.5) is 0 Å². The minimum Gasteiger partial charge on any atom is -0.323 e. The highest BCUT2D eigenvalue weighted by molar-refractivity contribution is 4.52. The van der Waals surface area contributed by atoms with Crippen molar-refractivity contribution in [2.45, 2.75) is 41.0 Å². The summed E-state index contributed by atoms with van der Waals surface area (Å²) in [7, 11) is 0. The summed E-state index contributed by atoms with van der Waals surface area (Å²) in [4.78, 5) is 2.54. The molecular weight excluding hydrogens is 184 g/mol. The zero-order valence-electron chi connectivity index (χ0n) is 11.6. The summed E-state index contributed by atoms with van der Waals surface area (Å²) in [5.74, 6) is 0. The van der Waals surface area contributed by atoms with Crippen molar-refractivity contribution in [2.24, 2.45) is 0 Å². The molecule has 0 amide bonds. The van der Waals surface area contributed by atoms with E-state index in [0.717, 1.165) is 0 Å². The maximum atomic E-state index is 2.54. The van der Waals surface area contributed by atoms with Crippen molar-refractivity contribution in [3.63, 3.8) is 0 Å². The zero-order valence-corrected chi connectivity index (χ0v) is 11.6. The van der Waals surface area contributed by atoms with Gasteiger partial charge in [0.25, 0.3) is 0 Å². The van der Waals surface area contributed by atoms with E-state index >= 15 is 0 Å². The predicted octanol–water partition coefficient (Wildman–Crippen LogP) is 2.59. The molecule has 0 aromatic heterocycles. The van der Waals surface area contributed by atoms with Crippen LogP contribution in [0.25, 0.3) is 0 Å². The molecule has 0 aliphatic heterocycles. The lowest BCUT2D eigenvalue weighted by molar-refractivity contribution is -0.924. The molecule has 0 heterocycles. The number of likely N-dealkylation sites (N-methyl/N-ethyl adjacent to an activating group) is 2. The standard InChI is InChI=1S/C13H31N2/c1-6-12-15(9-4,10-5)13-11-14(7-2)8-3/h6-13H2,1-5H3/q+1. The van der Waals surface area contributed by atoms with Crippen LogP contribution in [0.5, 0.6) is 0 Å². The highest BCUT2D eigenvalue weighted by Gasteiger charge is 2.22. The minimum absolute atomic E-state index is 1.19. The summed E-state index contributed by atoms with van der Waals surface area (Å²) in [6.45, 7) is 20.4. The molecule has 0 aromatic rings. The fourth-order valence-corrected chi connectivity index (χ4v) is 2.34. The van der Waals surface area contributed by atoms with Gasteiger partial charge in [0, 0.05) is 6.54 Å². The molecule has 0 unspecified atom stereocenters. The molecule has 2 nitrogen and oxygen atoms in total. The lowest BCUT2D eigenvalue weighted by atomic mass is 10.2. The Kier molecular flexibility index (Phi) is 8.07. The molecular formula is C13H31N2+. The van der Waals surface area contributed by atoms with E-state index in [1.807, 2.05) is 0 Å². The molecule has 0 saturated heterocycles.